The molecule has 6 atom stereocenters. The third-order valence-corrected chi connectivity index (χ3v) is 6.58. The summed E-state index contributed by atoms with van der Waals surface area (Å²) in [6.45, 7) is 14.7. The lowest BCUT2D eigenvalue weighted by Crippen LogP contribution is -2.31. The molecular formula is C19H36. The van der Waals surface area contributed by atoms with Gasteiger partial charge in [0.2, 0.25) is 0 Å². The Kier molecular flexibility index (Phi) is 5.01. The maximum atomic E-state index is 2.53. The molecule has 0 saturated heterocycles. The molecule has 19 heavy (non-hydrogen) atoms. The van der Waals surface area contributed by atoms with Crippen LogP contribution in [0.25, 0.3) is 0 Å². The predicted octanol–water partition coefficient (Wildman–Crippen LogP) is 6.01. The molecule has 0 aromatic carbocycles. The van der Waals surface area contributed by atoms with Crippen molar-refractivity contribution >= 4 is 0 Å². The van der Waals surface area contributed by atoms with Crippen molar-refractivity contribution in [1.29, 1.82) is 0 Å². The molecule has 0 heterocycles. The van der Waals surface area contributed by atoms with Gasteiger partial charge in [0.05, 0.1) is 0 Å². The fourth-order valence-corrected chi connectivity index (χ4v) is 5.24. The van der Waals surface area contributed by atoms with Gasteiger partial charge >= 0.3 is 0 Å². The predicted molar refractivity (Wildman–Crippen MR) is 85.0 cm³/mol. The largest absolute Gasteiger partial charge is 0.0628 e. The van der Waals surface area contributed by atoms with Crippen LogP contribution in [0.15, 0.2) is 0 Å². The zero-order valence-corrected chi connectivity index (χ0v) is 14.2. The summed E-state index contributed by atoms with van der Waals surface area (Å²) < 4.78 is 0. The molecule has 2 aliphatic carbocycles. The molecule has 112 valence electrons. The smallest absolute Gasteiger partial charge is 0.0352 e. The molecule has 0 nitrogen and oxygen atoms in total. The van der Waals surface area contributed by atoms with E-state index in [-0.39, 0.29) is 0 Å². The van der Waals surface area contributed by atoms with Crippen molar-refractivity contribution in [3.05, 3.63) is 0 Å². The zero-order chi connectivity index (χ0) is 14.2. The molecule has 2 fully saturated rings. The quantitative estimate of drug-likeness (QED) is 0.583. The first kappa shape index (κ1) is 15.4. The van der Waals surface area contributed by atoms with Gasteiger partial charge in [0.1, 0.15) is 0 Å². The molecule has 0 aromatic heterocycles. The molecule has 0 aromatic rings. The van der Waals surface area contributed by atoms with E-state index in [1.54, 1.807) is 6.42 Å². The van der Waals surface area contributed by atoms with Crippen molar-refractivity contribution in [2.75, 3.05) is 0 Å². The van der Waals surface area contributed by atoms with Crippen molar-refractivity contribution in [3.63, 3.8) is 0 Å². The highest BCUT2D eigenvalue weighted by atomic mass is 14.5. The van der Waals surface area contributed by atoms with E-state index >= 15 is 0 Å². The summed E-state index contributed by atoms with van der Waals surface area (Å²) in [6, 6.07) is 0. The van der Waals surface area contributed by atoms with Crippen LogP contribution in [0.3, 0.4) is 0 Å². The van der Waals surface area contributed by atoms with Gasteiger partial charge in [-0.25, -0.2) is 0 Å². The Morgan fingerprint density at radius 3 is 2.16 bits per heavy atom. The van der Waals surface area contributed by atoms with E-state index in [9.17, 15) is 0 Å². The Bertz CT molecular complexity index is 278. The molecule has 0 amide bonds. The Hall–Kier alpha value is 0. The van der Waals surface area contributed by atoms with Gasteiger partial charge in [-0.15, -0.1) is 0 Å². The summed E-state index contributed by atoms with van der Waals surface area (Å²) in [7, 11) is 0. The molecule has 6 unspecified atom stereocenters. The average molecular weight is 264 g/mol. The second kappa shape index (κ2) is 6.19. The summed E-state index contributed by atoms with van der Waals surface area (Å²) in [5, 5.41) is 0. The van der Waals surface area contributed by atoms with Gasteiger partial charge in [-0.1, -0.05) is 41.5 Å². The van der Waals surface area contributed by atoms with Gasteiger partial charge in [-0.05, 0) is 79.4 Å². The van der Waals surface area contributed by atoms with Crippen LogP contribution >= 0.6 is 0 Å². The fourth-order valence-electron chi connectivity index (χ4n) is 5.24. The fraction of sp³-hybridized carbons (Fsp3) is 1.00. The Morgan fingerprint density at radius 1 is 0.895 bits per heavy atom. The molecule has 0 spiro atoms. The normalized spacial score (nSPS) is 40.7. The van der Waals surface area contributed by atoms with E-state index in [0.717, 1.165) is 47.3 Å². The summed E-state index contributed by atoms with van der Waals surface area (Å²) in [5.74, 6) is 7.88. The van der Waals surface area contributed by atoms with E-state index in [1.807, 2.05) is 0 Å². The van der Waals surface area contributed by atoms with Crippen molar-refractivity contribution in [1.82, 2.24) is 0 Å². The van der Waals surface area contributed by atoms with E-state index < -0.39 is 0 Å². The summed E-state index contributed by atoms with van der Waals surface area (Å²) in [5.41, 5.74) is 0. The SMILES string of the molecule is CC(C)CC1CC(C)C2CCC(C(C)C(C)C)CC12. The lowest BCUT2D eigenvalue weighted by Gasteiger charge is -2.40. The lowest BCUT2D eigenvalue weighted by molar-refractivity contribution is 0.102. The summed E-state index contributed by atoms with van der Waals surface area (Å²) >= 11 is 0. The van der Waals surface area contributed by atoms with Crippen LogP contribution in [-0.2, 0) is 0 Å². The summed E-state index contributed by atoms with van der Waals surface area (Å²) in [4.78, 5) is 0. The standard InChI is InChI=1S/C19H36/c1-12(2)9-17-10-14(5)18-8-7-16(11-19(17)18)15(6)13(3)4/h12-19H,7-11H2,1-6H3. The molecular weight excluding hydrogens is 228 g/mol. The van der Waals surface area contributed by atoms with Crippen LogP contribution in [0.1, 0.15) is 73.6 Å². The van der Waals surface area contributed by atoms with E-state index in [0.29, 0.717) is 0 Å². The topological polar surface area (TPSA) is 0 Å². The van der Waals surface area contributed by atoms with Crippen molar-refractivity contribution < 1.29 is 0 Å². The molecule has 2 saturated carbocycles. The highest BCUT2D eigenvalue weighted by molar-refractivity contribution is 4.94. The van der Waals surface area contributed by atoms with Crippen LogP contribution < -0.4 is 0 Å². The van der Waals surface area contributed by atoms with Gasteiger partial charge in [-0.3, -0.25) is 0 Å². The molecule has 0 aliphatic heterocycles. The first-order valence-electron chi connectivity index (χ1n) is 8.90. The minimum absolute atomic E-state index is 0.865. The molecule has 2 aliphatic rings. The molecule has 0 N–H and O–H groups in total. The lowest BCUT2D eigenvalue weighted by atomic mass is 9.66. The minimum Gasteiger partial charge on any atom is -0.0628 e. The van der Waals surface area contributed by atoms with Crippen LogP contribution in [0.5, 0.6) is 0 Å². The van der Waals surface area contributed by atoms with Gasteiger partial charge in [0.25, 0.3) is 0 Å². The second-order valence-corrected chi connectivity index (χ2v) is 8.61. The maximum Gasteiger partial charge on any atom is -0.0352 e. The molecule has 0 radical (unpaired) electrons. The van der Waals surface area contributed by atoms with Crippen LogP contribution in [-0.4, -0.2) is 0 Å². The highest BCUT2D eigenvalue weighted by Crippen LogP contribution is 2.53. The number of rotatable bonds is 4. The van der Waals surface area contributed by atoms with Crippen molar-refractivity contribution in [2.45, 2.75) is 73.6 Å². The third kappa shape index (κ3) is 3.37. The molecule has 0 heteroatoms. The molecule has 2 rings (SSSR count). The van der Waals surface area contributed by atoms with E-state index in [4.69, 9.17) is 0 Å². The number of hydrogen-bond acceptors (Lipinski definition) is 0. The van der Waals surface area contributed by atoms with Gasteiger partial charge in [0, 0.05) is 0 Å². The third-order valence-electron chi connectivity index (χ3n) is 6.58. The maximum absolute atomic E-state index is 2.53. The van der Waals surface area contributed by atoms with Crippen LogP contribution in [0.2, 0.25) is 0 Å². The van der Waals surface area contributed by atoms with Gasteiger partial charge in [-0.2, -0.15) is 0 Å². The zero-order valence-electron chi connectivity index (χ0n) is 14.2. The highest BCUT2D eigenvalue weighted by Gasteiger charge is 2.45. The monoisotopic (exact) mass is 264 g/mol. The Labute approximate surface area is 121 Å². The van der Waals surface area contributed by atoms with Gasteiger partial charge in [0.15, 0.2) is 0 Å². The summed E-state index contributed by atoms with van der Waals surface area (Å²) in [6.07, 6.45) is 7.59. The Morgan fingerprint density at radius 2 is 1.58 bits per heavy atom. The first-order valence-corrected chi connectivity index (χ1v) is 8.90. The average Bonchev–Trinajstić information content (AvgIpc) is 2.64. The van der Waals surface area contributed by atoms with Crippen LogP contribution in [0, 0.1) is 47.3 Å². The van der Waals surface area contributed by atoms with Gasteiger partial charge < -0.3 is 0 Å². The van der Waals surface area contributed by atoms with Crippen molar-refractivity contribution in [2.24, 2.45) is 47.3 Å². The van der Waals surface area contributed by atoms with Crippen LogP contribution in [0.4, 0.5) is 0 Å². The van der Waals surface area contributed by atoms with Crippen molar-refractivity contribution in [3.8, 4) is 0 Å². The van der Waals surface area contributed by atoms with E-state index in [1.165, 1.54) is 25.7 Å². The molecule has 0 bridgehead atoms. The minimum atomic E-state index is 0.865. The Balaban J connectivity index is 2.02. The van der Waals surface area contributed by atoms with E-state index in [2.05, 4.69) is 41.5 Å². The first-order chi connectivity index (χ1) is 8.90. The number of fused-ring (bicyclic) bond motifs is 1. The second-order valence-electron chi connectivity index (χ2n) is 8.61. The number of hydrogen-bond donors (Lipinski definition) is 0.